The van der Waals surface area contributed by atoms with Crippen molar-refractivity contribution in [1.82, 2.24) is 14.5 Å². The largest absolute Gasteiger partial charge is 0.394 e. The van der Waals surface area contributed by atoms with Gasteiger partial charge in [-0.3, -0.25) is 18.7 Å². The van der Waals surface area contributed by atoms with Crippen LogP contribution in [0.2, 0.25) is 10.1 Å². The monoisotopic (exact) mass is 576 g/mol. The Balaban J connectivity index is 1.60. The van der Waals surface area contributed by atoms with E-state index in [-0.39, 0.29) is 38.4 Å². The third-order valence-electron chi connectivity index (χ3n) is 7.73. The zero-order valence-electron chi connectivity index (χ0n) is 24.7. The average Bonchev–Trinajstić information content (AvgIpc) is 3.24. The molecule has 1 aromatic carbocycles. The van der Waals surface area contributed by atoms with Crippen molar-refractivity contribution in [2.45, 2.75) is 103 Å². The molecule has 40 heavy (non-hydrogen) atoms. The van der Waals surface area contributed by atoms with Crippen molar-refractivity contribution >= 4 is 19.5 Å². The van der Waals surface area contributed by atoms with Crippen LogP contribution in [0.5, 0.6) is 0 Å². The Hall–Kier alpha value is -2.60. The first-order valence-corrected chi connectivity index (χ1v) is 15.7. The van der Waals surface area contributed by atoms with Crippen molar-refractivity contribution in [3.05, 3.63) is 62.4 Å². The van der Waals surface area contributed by atoms with Gasteiger partial charge in [0.05, 0.1) is 19.1 Å². The Morgan fingerprint density at radius 1 is 1.12 bits per heavy atom. The normalized spacial score (nSPS) is 20.1. The van der Waals surface area contributed by atoms with E-state index in [0.717, 1.165) is 15.3 Å². The lowest BCUT2D eigenvalue weighted by Crippen LogP contribution is -2.57. The molecule has 0 saturated carbocycles. The number of carbonyl (C=O) groups is 1. The Morgan fingerprint density at radius 2 is 1.73 bits per heavy atom. The van der Waals surface area contributed by atoms with Gasteiger partial charge in [0.2, 0.25) is 5.91 Å². The van der Waals surface area contributed by atoms with E-state index in [1.165, 1.54) is 10.8 Å². The number of nitrogens with one attached hydrogen (secondary N) is 1. The van der Waals surface area contributed by atoms with Crippen LogP contribution >= 0.6 is 0 Å². The molecule has 2 heterocycles. The summed E-state index contributed by atoms with van der Waals surface area (Å²) >= 11 is 0. The van der Waals surface area contributed by atoms with Crippen LogP contribution in [-0.2, 0) is 22.5 Å². The molecule has 1 amide bonds. The van der Waals surface area contributed by atoms with E-state index < -0.39 is 48.2 Å². The molecular weight excluding hydrogens is 532 g/mol. The summed E-state index contributed by atoms with van der Waals surface area (Å²) in [6.45, 7) is 13.3. The van der Waals surface area contributed by atoms with E-state index in [1.54, 1.807) is 6.92 Å². The SMILES string of the molecule is Cc1cn(C2C[C@H](O)[C@@H](CO)O2)c(=O)n(CCCNC(=O)Cc2ccc([Si]([18F])(C(C)(C)C)C(C)(C)C)cc2)c1=O. The first-order valence-electron chi connectivity index (χ1n) is 13.8. The first-order chi connectivity index (χ1) is 18.5. The molecule has 222 valence electrons. The van der Waals surface area contributed by atoms with E-state index in [4.69, 9.17) is 4.74 Å². The number of carbonyl (C=O) groups excluding carboxylic acids is 1. The minimum atomic E-state index is -3.37. The molecule has 11 heteroatoms. The molecular formula is C29H44FN3O6Si. The predicted octanol–water partition coefficient (Wildman–Crippen LogP) is 2.43. The van der Waals surface area contributed by atoms with Gasteiger partial charge >= 0.3 is 5.69 Å². The molecule has 1 aliphatic heterocycles. The summed E-state index contributed by atoms with van der Waals surface area (Å²) in [5.74, 6) is -0.208. The zero-order chi connectivity index (χ0) is 30.0. The number of aliphatic hydroxyl groups is 2. The van der Waals surface area contributed by atoms with Crippen LogP contribution < -0.4 is 21.8 Å². The standard InChI is InChI=1S/C29H44FN3O6Si/c1-19-17-33(25-16-22(35)23(18-34)39-25)27(38)32(26(19)37)14-8-13-31-24(36)15-20-9-11-21(12-10-20)40(30,28(2,3)4)29(5,6)7/h9-12,17,22-23,25,34-35H,8,13-16,18H2,1-7H3,(H,31,36)/t22-,23+,25?/m0/s1/i30-1. The van der Waals surface area contributed by atoms with Gasteiger partial charge in [-0.05, 0) is 34.2 Å². The fourth-order valence-electron chi connectivity index (χ4n) is 5.77. The third-order valence-corrected chi connectivity index (χ3v) is 13.0. The Morgan fingerprint density at radius 3 is 2.25 bits per heavy atom. The van der Waals surface area contributed by atoms with Gasteiger partial charge in [-0.15, -0.1) is 0 Å². The molecule has 9 nitrogen and oxygen atoms in total. The Kier molecular flexibility index (Phi) is 9.65. The van der Waals surface area contributed by atoms with E-state index in [9.17, 15) is 24.6 Å². The van der Waals surface area contributed by atoms with Crippen LogP contribution in [0.15, 0.2) is 40.1 Å². The second kappa shape index (κ2) is 12.1. The van der Waals surface area contributed by atoms with Gasteiger partial charge in [0.25, 0.3) is 14.0 Å². The molecule has 1 fully saturated rings. The lowest BCUT2D eigenvalue weighted by molar-refractivity contribution is -0.120. The van der Waals surface area contributed by atoms with Crippen LogP contribution in [0.4, 0.5) is 4.11 Å². The number of aromatic nitrogens is 2. The van der Waals surface area contributed by atoms with Gasteiger partial charge in [0.1, 0.15) is 12.3 Å². The summed E-state index contributed by atoms with van der Waals surface area (Å²) in [4.78, 5) is 38.2. The molecule has 2 aromatic rings. The highest BCUT2D eigenvalue weighted by Gasteiger charge is 2.56. The number of hydrogen-bond donors (Lipinski definition) is 3. The van der Waals surface area contributed by atoms with Gasteiger partial charge in [-0.2, -0.15) is 0 Å². The molecule has 1 aromatic heterocycles. The van der Waals surface area contributed by atoms with E-state index in [2.05, 4.69) is 5.32 Å². The van der Waals surface area contributed by atoms with Crippen molar-refractivity contribution in [2.24, 2.45) is 0 Å². The Bertz CT molecular complexity index is 1300. The van der Waals surface area contributed by atoms with E-state index in [0.29, 0.717) is 12.0 Å². The summed E-state index contributed by atoms with van der Waals surface area (Å²) < 4.78 is 24.5. The molecule has 0 radical (unpaired) electrons. The smallest absolute Gasteiger partial charge is 0.333 e. The molecule has 3 N–H and O–H groups in total. The number of aryl methyl sites for hydroxylation is 1. The highest BCUT2D eigenvalue weighted by atomic mass is 28.4. The van der Waals surface area contributed by atoms with Crippen LogP contribution in [0.1, 0.15) is 71.7 Å². The average molecular weight is 577 g/mol. The molecule has 1 aliphatic rings. The number of aliphatic hydroxyl groups excluding tert-OH is 2. The van der Waals surface area contributed by atoms with Crippen molar-refractivity contribution < 1.29 is 23.9 Å². The summed E-state index contributed by atoms with van der Waals surface area (Å²) in [5, 5.41) is 21.9. The summed E-state index contributed by atoms with van der Waals surface area (Å²) in [6, 6.07) is 7.25. The number of amides is 1. The van der Waals surface area contributed by atoms with E-state index in [1.807, 2.05) is 65.8 Å². The summed E-state index contributed by atoms with van der Waals surface area (Å²) in [7, 11) is -3.37. The molecule has 1 saturated heterocycles. The number of rotatable bonds is 9. The Labute approximate surface area is 236 Å². The van der Waals surface area contributed by atoms with Crippen LogP contribution in [0.3, 0.4) is 0 Å². The van der Waals surface area contributed by atoms with E-state index >= 15 is 4.11 Å². The topological polar surface area (TPSA) is 123 Å². The third kappa shape index (κ3) is 6.48. The molecule has 3 rings (SSSR count). The first kappa shape index (κ1) is 31.9. The molecule has 3 atom stereocenters. The number of hydrogen-bond acceptors (Lipinski definition) is 6. The molecule has 0 spiro atoms. The highest BCUT2D eigenvalue weighted by molar-refractivity contribution is 6.90. The second-order valence-corrected chi connectivity index (χ2v) is 17.7. The maximum atomic E-state index is 16.5. The zero-order valence-corrected chi connectivity index (χ0v) is 25.7. The van der Waals surface area contributed by atoms with Gasteiger partial charge in [0.15, 0.2) is 0 Å². The maximum Gasteiger partial charge on any atom is 0.333 e. The number of halogens is 1. The maximum absolute atomic E-state index is 16.5. The minimum absolute atomic E-state index is 0.0931. The van der Waals surface area contributed by atoms with Crippen LogP contribution in [-0.4, -0.2) is 59.0 Å². The van der Waals surface area contributed by atoms with Crippen molar-refractivity contribution in [1.29, 1.82) is 0 Å². The van der Waals surface area contributed by atoms with Crippen LogP contribution in [0, 0.1) is 6.92 Å². The summed E-state index contributed by atoms with van der Waals surface area (Å²) in [6.07, 6.45) is -0.464. The van der Waals surface area contributed by atoms with Crippen molar-refractivity contribution in [3.63, 3.8) is 0 Å². The number of benzene rings is 1. The van der Waals surface area contributed by atoms with Crippen molar-refractivity contribution in [3.8, 4) is 0 Å². The molecule has 0 aliphatic carbocycles. The number of nitrogens with zero attached hydrogens (tertiary/aromatic N) is 2. The fourth-order valence-corrected chi connectivity index (χ4v) is 10.4. The van der Waals surface area contributed by atoms with Crippen molar-refractivity contribution in [2.75, 3.05) is 13.2 Å². The van der Waals surface area contributed by atoms with Gasteiger partial charge in [-0.1, -0.05) is 65.8 Å². The minimum Gasteiger partial charge on any atom is -0.394 e. The van der Waals surface area contributed by atoms with Gasteiger partial charge < -0.3 is 24.4 Å². The highest BCUT2D eigenvalue weighted by Crippen LogP contribution is 2.51. The quantitative estimate of drug-likeness (QED) is 0.239. The summed E-state index contributed by atoms with van der Waals surface area (Å²) in [5.41, 5.74) is 0.118. The molecule has 0 bridgehead atoms. The fraction of sp³-hybridized carbons (Fsp3) is 0.621. The van der Waals surface area contributed by atoms with Gasteiger partial charge in [-0.25, -0.2) is 4.79 Å². The van der Waals surface area contributed by atoms with Crippen LogP contribution in [0.25, 0.3) is 0 Å². The lowest BCUT2D eigenvalue weighted by atomic mass is 10.1. The molecule has 1 unspecified atom stereocenters. The second-order valence-electron chi connectivity index (χ2n) is 12.8. The lowest BCUT2D eigenvalue weighted by Gasteiger charge is -2.44. The van der Waals surface area contributed by atoms with Gasteiger partial charge in [0, 0.05) is 31.3 Å². The predicted molar refractivity (Wildman–Crippen MR) is 155 cm³/mol. The number of ether oxygens (including phenoxy) is 1.